The van der Waals surface area contributed by atoms with E-state index in [4.69, 9.17) is 11.6 Å². The Morgan fingerprint density at radius 1 is 1.11 bits per heavy atom. The minimum atomic E-state index is 0.569. The van der Waals surface area contributed by atoms with Crippen LogP contribution in [0.4, 0.5) is 0 Å². The Labute approximate surface area is 115 Å². The van der Waals surface area contributed by atoms with Crippen molar-refractivity contribution in [2.45, 2.75) is 51.0 Å². The summed E-state index contributed by atoms with van der Waals surface area (Å²) >= 11 is 6.05. The number of fused-ring (bicyclic) bond motifs is 1. The van der Waals surface area contributed by atoms with Gasteiger partial charge in [-0.25, -0.2) is 0 Å². The predicted octanol–water partition coefficient (Wildman–Crippen LogP) is 4.50. The molecule has 0 heterocycles. The summed E-state index contributed by atoms with van der Waals surface area (Å²) in [6.07, 6.45) is 9.58. The first-order valence-electron chi connectivity index (χ1n) is 7.34. The molecule has 2 heteroatoms. The van der Waals surface area contributed by atoms with Crippen molar-refractivity contribution < 1.29 is 0 Å². The van der Waals surface area contributed by atoms with Crippen LogP contribution in [0.5, 0.6) is 0 Å². The molecule has 2 aliphatic rings. The third-order valence-corrected chi connectivity index (χ3v) is 4.80. The fourth-order valence-electron chi connectivity index (χ4n) is 3.50. The van der Waals surface area contributed by atoms with E-state index in [9.17, 15) is 0 Å². The normalized spacial score (nSPS) is 24.2. The monoisotopic (exact) mass is 263 g/mol. The molecule has 1 aromatic rings. The van der Waals surface area contributed by atoms with Gasteiger partial charge in [0.25, 0.3) is 0 Å². The lowest BCUT2D eigenvalue weighted by molar-refractivity contribution is 0.327. The van der Waals surface area contributed by atoms with E-state index in [1.807, 2.05) is 6.07 Å². The average molecular weight is 264 g/mol. The molecule has 0 amide bonds. The van der Waals surface area contributed by atoms with Crippen LogP contribution >= 0.6 is 11.6 Å². The molecule has 1 atom stereocenters. The quantitative estimate of drug-likeness (QED) is 0.847. The molecule has 0 spiro atoms. The van der Waals surface area contributed by atoms with E-state index in [0.717, 1.165) is 10.9 Å². The number of nitrogens with one attached hydrogen (secondary N) is 1. The molecule has 2 aliphatic carbocycles. The third kappa shape index (κ3) is 2.73. The number of benzene rings is 1. The van der Waals surface area contributed by atoms with Crippen LogP contribution in [-0.2, 0) is 6.42 Å². The Hall–Kier alpha value is -0.530. The summed E-state index contributed by atoms with van der Waals surface area (Å²) in [6.45, 7) is 1.20. The molecular formula is C16H22ClN. The molecule has 18 heavy (non-hydrogen) atoms. The molecule has 0 radical (unpaired) electrons. The summed E-state index contributed by atoms with van der Waals surface area (Å²) in [6, 6.07) is 6.95. The number of rotatable bonds is 3. The molecule has 1 fully saturated rings. The Morgan fingerprint density at radius 3 is 2.78 bits per heavy atom. The van der Waals surface area contributed by atoms with Crippen LogP contribution in [0.25, 0.3) is 0 Å². The van der Waals surface area contributed by atoms with Crippen LogP contribution in [0.1, 0.15) is 55.7 Å². The third-order valence-electron chi connectivity index (χ3n) is 4.56. The fourth-order valence-corrected chi connectivity index (χ4v) is 3.69. The van der Waals surface area contributed by atoms with Crippen LogP contribution in [0, 0.1) is 5.92 Å². The first-order valence-corrected chi connectivity index (χ1v) is 7.72. The number of halogens is 1. The first kappa shape index (κ1) is 12.5. The largest absolute Gasteiger partial charge is 0.310 e. The van der Waals surface area contributed by atoms with Gasteiger partial charge in [0.05, 0.1) is 0 Å². The first-order chi connectivity index (χ1) is 8.83. The Bertz CT molecular complexity index is 410. The Morgan fingerprint density at radius 2 is 1.94 bits per heavy atom. The van der Waals surface area contributed by atoms with Crippen molar-refractivity contribution in [1.82, 2.24) is 5.32 Å². The van der Waals surface area contributed by atoms with Crippen LogP contribution < -0.4 is 5.32 Å². The van der Waals surface area contributed by atoms with Crippen LogP contribution in [0.3, 0.4) is 0 Å². The maximum atomic E-state index is 6.05. The van der Waals surface area contributed by atoms with Gasteiger partial charge >= 0.3 is 0 Å². The molecule has 1 N–H and O–H groups in total. The predicted molar refractivity (Wildman–Crippen MR) is 77.1 cm³/mol. The molecule has 1 unspecified atom stereocenters. The molecule has 0 aliphatic heterocycles. The van der Waals surface area contributed by atoms with Crippen LogP contribution in [-0.4, -0.2) is 6.54 Å². The van der Waals surface area contributed by atoms with Gasteiger partial charge in [-0.3, -0.25) is 0 Å². The van der Waals surface area contributed by atoms with Crippen molar-refractivity contribution in [3.05, 3.63) is 34.3 Å². The molecule has 98 valence electrons. The van der Waals surface area contributed by atoms with E-state index >= 15 is 0 Å². The highest BCUT2D eigenvalue weighted by Gasteiger charge is 2.23. The highest BCUT2D eigenvalue weighted by molar-refractivity contribution is 6.30. The van der Waals surface area contributed by atoms with Gasteiger partial charge in [-0.15, -0.1) is 0 Å². The highest BCUT2D eigenvalue weighted by Crippen LogP contribution is 2.33. The van der Waals surface area contributed by atoms with Crippen molar-refractivity contribution in [1.29, 1.82) is 0 Å². The number of hydrogen-bond donors (Lipinski definition) is 1. The molecule has 0 bridgehead atoms. The summed E-state index contributed by atoms with van der Waals surface area (Å²) < 4.78 is 0. The lowest BCUT2D eigenvalue weighted by Gasteiger charge is -2.24. The SMILES string of the molecule is Clc1ccc2c(c1)CCC2NCC1CCCCC1. The van der Waals surface area contributed by atoms with Crippen molar-refractivity contribution in [2.75, 3.05) is 6.54 Å². The van der Waals surface area contributed by atoms with Gasteiger partial charge in [-0.1, -0.05) is 36.9 Å². The minimum Gasteiger partial charge on any atom is -0.310 e. The molecule has 0 aromatic heterocycles. The number of aryl methyl sites for hydroxylation is 1. The molecule has 1 nitrogen and oxygen atoms in total. The maximum Gasteiger partial charge on any atom is 0.0408 e. The van der Waals surface area contributed by atoms with E-state index < -0.39 is 0 Å². The average Bonchev–Trinajstić information content (AvgIpc) is 2.80. The molecule has 0 saturated heterocycles. The second-order valence-corrected chi connectivity index (χ2v) is 6.28. The smallest absolute Gasteiger partial charge is 0.0408 e. The molecular weight excluding hydrogens is 242 g/mol. The standard InChI is InChI=1S/C16H22ClN/c17-14-7-8-15-13(10-14)6-9-16(15)18-11-12-4-2-1-3-5-12/h7-8,10,12,16,18H,1-6,9,11H2. The summed E-state index contributed by atoms with van der Waals surface area (Å²) in [7, 11) is 0. The Kier molecular flexibility index (Phi) is 3.91. The lowest BCUT2D eigenvalue weighted by Crippen LogP contribution is -2.27. The van der Waals surface area contributed by atoms with Gasteiger partial charge in [-0.05, 0) is 61.4 Å². The van der Waals surface area contributed by atoms with E-state index in [-0.39, 0.29) is 0 Å². The van der Waals surface area contributed by atoms with E-state index in [1.165, 1.54) is 62.6 Å². The number of hydrogen-bond acceptors (Lipinski definition) is 1. The van der Waals surface area contributed by atoms with E-state index in [0.29, 0.717) is 6.04 Å². The van der Waals surface area contributed by atoms with Gasteiger partial charge in [0.1, 0.15) is 0 Å². The van der Waals surface area contributed by atoms with Crippen LogP contribution in [0.2, 0.25) is 5.02 Å². The zero-order valence-electron chi connectivity index (χ0n) is 10.9. The van der Waals surface area contributed by atoms with Crippen molar-refractivity contribution in [2.24, 2.45) is 5.92 Å². The summed E-state index contributed by atoms with van der Waals surface area (Å²) in [5, 5.41) is 4.66. The van der Waals surface area contributed by atoms with Crippen molar-refractivity contribution in [3.63, 3.8) is 0 Å². The van der Waals surface area contributed by atoms with Crippen molar-refractivity contribution >= 4 is 11.6 Å². The minimum absolute atomic E-state index is 0.569. The molecule has 1 saturated carbocycles. The fraction of sp³-hybridized carbons (Fsp3) is 0.625. The summed E-state index contributed by atoms with van der Waals surface area (Å²) in [4.78, 5) is 0. The van der Waals surface area contributed by atoms with Gasteiger partial charge < -0.3 is 5.32 Å². The van der Waals surface area contributed by atoms with Gasteiger partial charge in [-0.2, -0.15) is 0 Å². The van der Waals surface area contributed by atoms with E-state index in [2.05, 4.69) is 17.4 Å². The van der Waals surface area contributed by atoms with Crippen LogP contribution in [0.15, 0.2) is 18.2 Å². The highest BCUT2D eigenvalue weighted by atomic mass is 35.5. The van der Waals surface area contributed by atoms with E-state index in [1.54, 1.807) is 0 Å². The van der Waals surface area contributed by atoms with Crippen molar-refractivity contribution in [3.8, 4) is 0 Å². The second kappa shape index (κ2) is 5.63. The van der Waals surface area contributed by atoms with Gasteiger partial charge in [0, 0.05) is 11.1 Å². The zero-order valence-corrected chi connectivity index (χ0v) is 11.7. The molecule has 3 rings (SSSR count). The lowest BCUT2D eigenvalue weighted by atomic mass is 9.89. The summed E-state index contributed by atoms with van der Waals surface area (Å²) in [5.41, 5.74) is 2.93. The topological polar surface area (TPSA) is 12.0 Å². The van der Waals surface area contributed by atoms with Gasteiger partial charge in [0.2, 0.25) is 0 Å². The van der Waals surface area contributed by atoms with Gasteiger partial charge in [0.15, 0.2) is 0 Å². The zero-order chi connectivity index (χ0) is 12.4. The summed E-state index contributed by atoms with van der Waals surface area (Å²) in [5.74, 6) is 0.912. The molecule has 1 aromatic carbocycles. The Balaban J connectivity index is 1.59. The second-order valence-electron chi connectivity index (χ2n) is 5.85. The maximum absolute atomic E-state index is 6.05.